The van der Waals surface area contributed by atoms with Gasteiger partial charge in [0.15, 0.2) is 0 Å². The van der Waals surface area contributed by atoms with Crippen LogP contribution in [0.3, 0.4) is 0 Å². The lowest BCUT2D eigenvalue weighted by Crippen LogP contribution is -2.37. The van der Waals surface area contributed by atoms with E-state index >= 15 is 0 Å². The van der Waals surface area contributed by atoms with Crippen molar-refractivity contribution in [1.82, 2.24) is 9.55 Å². The maximum absolute atomic E-state index is 12.7. The molecule has 0 amide bonds. The third-order valence-corrected chi connectivity index (χ3v) is 3.89. The van der Waals surface area contributed by atoms with Gasteiger partial charge in [-0.1, -0.05) is 50.6 Å². The molecule has 21 heavy (non-hydrogen) atoms. The van der Waals surface area contributed by atoms with Gasteiger partial charge in [0, 0.05) is 0 Å². The van der Waals surface area contributed by atoms with Gasteiger partial charge in [0.1, 0.15) is 5.15 Å². The fourth-order valence-electron chi connectivity index (χ4n) is 2.55. The highest BCUT2D eigenvalue weighted by Gasteiger charge is 2.19. The first kappa shape index (κ1) is 15.6. The smallest absolute Gasteiger partial charge is 0.297 e. The number of benzene rings is 1. The molecule has 0 aliphatic carbocycles. The molecule has 0 aliphatic heterocycles. The Bertz CT molecular complexity index is 788. The van der Waals surface area contributed by atoms with Crippen molar-refractivity contribution >= 4 is 11.6 Å². The summed E-state index contributed by atoms with van der Waals surface area (Å²) in [5.41, 5.74) is 2.09. The van der Waals surface area contributed by atoms with E-state index in [-0.39, 0.29) is 16.6 Å². The molecule has 1 aromatic heterocycles. The van der Waals surface area contributed by atoms with Crippen molar-refractivity contribution in [3.05, 3.63) is 60.9 Å². The predicted molar refractivity (Wildman–Crippen MR) is 85.9 cm³/mol. The van der Waals surface area contributed by atoms with Crippen LogP contribution in [0, 0.1) is 6.92 Å². The number of H-pyrrole nitrogens is 1. The number of nitrogens with zero attached hydrogens (tertiary/aromatic N) is 1. The van der Waals surface area contributed by atoms with Crippen LogP contribution in [0.25, 0.3) is 5.69 Å². The standard InChI is InChI=1S/C16H19ClN2O2/c1-5-11-8-6-7-10(4)13(11)19-15(20)12(9(2)3)14(17)18-16(19)21/h6-9H,5H2,1-4H3,(H,18,21). The lowest BCUT2D eigenvalue weighted by atomic mass is 10.0. The molecule has 4 nitrogen and oxygen atoms in total. The van der Waals surface area contributed by atoms with Crippen LogP contribution in [0.2, 0.25) is 5.15 Å². The van der Waals surface area contributed by atoms with Crippen molar-refractivity contribution in [3.8, 4) is 5.69 Å². The summed E-state index contributed by atoms with van der Waals surface area (Å²) < 4.78 is 1.20. The molecule has 5 heteroatoms. The van der Waals surface area contributed by atoms with Gasteiger partial charge in [-0.15, -0.1) is 0 Å². The van der Waals surface area contributed by atoms with Crippen LogP contribution in [0.15, 0.2) is 27.8 Å². The predicted octanol–water partition coefficient (Wildman–Crippen LogP) is 3.17. The number of aryl methyl sites for hydroxylation is 2. The van der Waals surface area contributed by atoms with Gasteiger partial charge < -0.3 is 0 Å². The molecule has 1 N–H and O–H groups in total. The van der Waals surface area contributed by atoms with Crippen molar-refractivity contribution < 1.29 is 0 Å². The molecular weight excluding hydrogens is 288 g/mol. The van der Waals surface area contributed by atoms with E-state index in [0.29, 0.717) is 11.3 Å². The van der Waals surface area contributed by atoms with Crippen molar-refractivity contribution in [2.45, 2.75) is 40.0 Å². The molecular formula is C16H19ClN2O2. The number of rotatable bonds is 3. The quantitative estimate of drug-likeness (QED) is 0.886. The highest BCUT2D eigenvalue weighted by Crippen LogP contribution is 2.20. The average Bonchev–Trinajstić information content (AvgIpc) is 2.39. The van der Waals surface area contributed by atoms with Crippen molar-refractivity contribution in [3.63, 3.8) is 0 Å². The fourth-order valence-corrected chi connectivity index (χ4v) is 2.93. The summed E-state index contributed by atoms with van der Waals surface area (Å²) in [4.78, 5) is 27.6. The number of nitrogens with one attached hydrogen (secondary N) is 1. The van der Waals surface area contributed by atoms with Gasteiger partial charge >= 0.3 is 5.69 Å². The summed E-state index contributed by atoms with van der Waals surface area (Å²) in [5, 5.41) is 0.128. The first-order valence-corrected chi connectivity index (χ1v) is 7.39. The molecule has 0 fully saturated rings. The van der Waals surface area contributed by atoms with E-state index in [4.69, 9.17) is 11.6 Å². The molecule has 1 aromatic carbocycles. The Morgan fingerprint density at radius 2 is 1.95 bits per heavy atom. The van der Waals surface area contributed by atoms with Gasteiger partial charge in [0.2, 0.25) is 0 Å². The van der Waals surface area contributed by atoms with Crippen LogP contribution in [0.5, 0.6) is 0 Å². The summed E-state index contributed by atoms with van der Waals surface area (Å²) >= 11 is 6.03. The number of halogens is 1. The molecule has 0 bridgehead atoms. The van der Waals surface area contributed by atoms with Crippen molar-refractivity contribution in [2.24, 2.45) is 0 Å². The SMILES string of the molecule is CCc1cccc(C)c1-n1c(=O)[nH]c(Cl)c(C(C)C)c1=O. The molecule has 0 aliphatic rings. The Morgan fingerprint density at radius 1 is 1.29 bits per heavy atom. The minimum absolute atomic E-state index is 0.0674. The van der Waals surface area contributed by atoms with Crippen LogP contribution in [-0.2, 0) is 6.42 Å². The largest absolute Gasteiger partial charge is 0.334 e. The zero-order valence-corrected chi connectivity index (χ0v) is 13.4. The molecule has 0 saturated carbocycles. The zero-order chi connectivity index (χ0) is 15.7. The second-order valence-electron chi connectivity index (χ2n) is 5.39. The summed E-state index contributed by atoms with van der Waals surface area (Å²) in [7, 11) is 0. The minimum atomic E-state index is -0.501. The summed E-state index contributed by atoms with van der Waals surface area (Å²) in [6, 6.07) is 5.75. The van der Waals surface area contributed by atoms with Gasteiger partial charge in [-0.3, -0.25) is 9.78 Å². The van der Waals surface area contributed by atoms with Crippen LogP contribution in [-0.4, -0.2) is 9.55 Å². The first-order chi connectivity index (χ1) is 9.88. The number of hydrogen-bond acceptors (Lipinski definition) is 2. The number of aromatic nitrogens is 2. The van der Waals surface area contributed by atoms with Gasteiger partial charge in [-0.05, 0) is 30.4 Å². The van der Waals surface area contributed by atoms with Gasteiger partial charge in [-0.2, -0.15) is 0 Å². The molecule has 2 aromatic rings. The Kier molecular flexibility index (Phi) is 4.37. The van der Waals surface area contributed by atoms with Crippen LogP contribution < -0.4 is 11.2 Å². The number of para-hydroxylation sites is 1. The number of aromatic amines is 1. The molecule has 0 atom stereocenters. The molecule has 0 unspecified atom stereocenters. The van der Waals surface area contributed by atoms with Gasteiger partial charge in [0.05, 0.1) is 11.3 Å². The van der Waals surface area contributed by atoms with Gasteiger partial charge in [-0.25, -0.2) is 9.36 Å². The molecule has 112 valence electrons. The maximum Gasteiger partial charge on any atom is 0.334 e. The summed E-state index contributed by atoms with van der Waals surface area (Å²) in [5.74, 6) is -0.0674. The van der Waals surface area contributed by atoms with E-state index < -0.39 is 5.69 Å². The second-order valence-corrected chi connectivity index (χ2v) is 5.77. The Labute approximate surface area is 128 Å². The number of hydrogen-bond donors (Lipinski definition) is 1. The van der Waals surface area contributed by atoms with E-state index in [0.717, 1.165) is 17.5 Å². The van der Waals surface area contributed by atoms with Crippen LogP contribution in [0.4, 0.5) is 0 Å². The summed E-state index contributed by atoms with van der Waals surface area (Å²) in [6.07, 6.45) is 0.739. The average molecular weight is 307 g/mol. The topological polar surface area (TPSA) is 54.9 Å². The molecule has 1 heterocycles. The Morgan fingerprint density at radius 3 is 2.52 bits per heavy atom. The fraction of sp³-hybridized carbons (Fsp3) is 0.375. The molecule has 2 rings (SSSR count). The lowest BCUT2D eigenvalue weighted by molar-refractivity contribution is 0.770. The van der Waals surface area contributed by atoms with E-state index in [1.165, 1.54) is 4.57 Å². The normalized spacial score (nSPS) is 11.1. The monoisotopic (exact) mass is 306 g/mol. The maximum atomic E-state index is 12.7. The van der Waals surface area contributed by atoms with Crippen LogP contribution in [0.1, 0.15) is 43.4 Å². The molecule has 0 saturated heterocycles. The minimum Gasteiger partial charge on any atom is -0.297 e. The first-order valence-electron chi connectivity index (χ1n) is 7.02. The lowest BCUT2D eigenvalue weighted by Gasteiger charge is -2.15. The van der Waals surface area contributed by atoms with Gasteiger partial charge in [0.25, 0.3) is 5.56 Å². The summed E-state index contributed by atoms with van der Waals surface area (Å²) in [6.45, 7) is 7.65. The molecule has 0 radical (unpaired) electrons. The van der Waals surface area contributed by atoms with Crippen LogP contribution >= 0.6 is 11.6 Å². The Hall–Kier alpha value is -1.81. The van der Waals surface area contributed by atoms with Crippen molar-refractivity contribution in [1.29, 1.82) is 0 Å². The third-order valence-electron chi connectivity index (χ3n) is 3.59. The van der Waals surface area contributed by atoms with E-state index in [1.54, 1.807) is 0 Å². The highest BCUT2D eigenvalue weighted by molar-refractivity contribution is 6.30. The highest BCUT2D eigenvalue weighted by atomic mass is 35.5. The van der Waals surface area contributed by atoms with E-state index in [2.05, 4.69) is 4.98 Å². The van der Waals surface area contributed by atoms with E-state index in [1.807, 2.05) is 45.9 Å². The zero-order valence-electron chi connectivity index (χ0n) is 12.7. The molecule has 0 spiro atoms. The second kappa shape index (κ2) is 5.90. The van der Waals surface area contributed by atoms with E-state index in [9.17, 15) is 9.59 Å². The van der Waals surface area contributed by atoms with Crippen molar-refractivity contribution in [2.75, 3.05) is 0 Å². The Balaban J connectivity index is 2.93. The third kappa shape index (κ3) is 2.68.